The smallest absolute Gasteiger partial charge is 0.264 e. The quantitative estimate of drug-likeness (QED) is 0.617. The van der Waals surface area contributed by atoms with E-state index in [0.29, 0.717) is 5.69 Å². The third kappa shape index (κ3) is 5.42. The first kappa shape index (κ1) is 15.7. The van der Waals surface area contributed by atoms with Crippen molar-refractivity contribution in [2.45, 2.75) is 4.90 Å². The monoisotopic (exact) mass is 308 g/mol. The van der Waals surface area contributed by atoms with Crippen molar-refractivity contribution in [3.63, 3.8) is 0 Å². The maximum Gasteiger partial charge on any atom is 0.397 e. The predicted molar refractivity (Wildman–Crippen MR) is 66.4 cm³/mol. The molecule has 0 saturated carbocycles. The molecule has 0 amide bonds. The van der Waals surface area contributed by atoms with E-state index in [0.717, 1.165) is 0 Å². The molecule has 1 N–H and O–H groups in total. The molecule has 106 valence electrons. The highest BCUT2D eigenvalue weighted by molar-refractivity contribution is 7.91. The first-order valence-corrected chi connectivity index (χ1v) is 8.01. The van der Waals surface area contributed by atoms with Crippen molar-refractivity contribution in [3.05, 3.63) is 24.3 Å². The van der Waals surface area contributed by atoms with Crippen LogP contribution in [0.5, 0.6) is 0 Å². The number of hydrogen-bond acceptors (Lipinski definition) is 7. The van der Waals surface area contributed by atoms with Crippen LogP contribution in [0.15, 0.2) is 39.4 Å². The normalized spacial score (nSPS) is 12.9. The summed E-state index contributed by atoms with van der Waals surface area (Å²) in [5, 5.41) is 7.25. The second-order valence-corrected chi connectivity index (χ2v) is 6.56. The van der Waals surface area contributed by atoms with Gasteiger partial charge in [-0.3, -0.25) is 4.55 Å². The van der Waals surface area contributed by atoms with Crippen molar-refractivity contribution >= 4 is 25.9 Å². The van der Waals surface area contributed by atoms with E-state index in [1.165, 1.54) is 31.3 Å². The van der Waals surface area contributed by atoms with E-state index in [1.807, 2.05) is 0 Å². The summed E-state index contributed by atoms with van der Waals surface area (Å²) in [7, 11) is -6.84. The molecule has 0 fully saturated rings. The second-order valence-electron chi connectivity index (χ2n) is 3.36. The van der Waals surface area contributed by atoms with Crippen LogP contribution in [0.25, 0.3) is 0 Å². The van der Waals surface area contributed by atoms with E-state index in [1.54, 1.807) is 0 Å². The molecule has 0 aliphatic rings. The van der Waals surface area contributed by atoms with Crippen molar-refractivity contribution in [2.24, 2.45) is 10.2 Å². The number of benzene rings is 1. The van der Waals surface area contributed by atoms with Gasteiger partial charge in [0.1, 0.15) is 0 Å². The van der Waals surface area contributed by atoms with Gasteiger partial charge in [0.2, 0.25) is 0 Å². The van der Waals surface area contributed by atoms with Gasteiger partial charge in [-0.25, -0.2) is 12.6 Å². The lowest BCUT2D eigenvalue weighted by Gasteiger charge is -2.04. The van der Waals surface area contributed by atoms with Gasteiger partial charge in [0.25, 0.3) is 0 Å². The summed E-state index contributed by atoms with van der Waals surface area (Å²) in [5.74, 6) is -0.568. The van der Waals surface area contributed by atoms with Crippen LogP contribution in [0.2, 0.25) is 0 Å². The zero-order chi connectivity index (χ0) is 14.5. The van der Waals surface area contributed by atoms with Gasteiger partial charge in [0.05, 0.1) is 22.9 Å². The number of azo groups is 1. The molecule has 10 heteroatoms. The Morgan fingerprint density at radius 1 is 1.16 bits per heavy atom. The van der Waals surface area contributed by atoms with Crippen molar-refractivity contribution in [3.8, 4) is 0 Å². The Morgan fingerprint density at radius 3 is 2.21 bits per heavy atom. The average Bonchev–Trinajstić information content (AvgIpc) is 2.28. The lowest BCUT2D eigenvalue weighted by molar-refractivity contribution is 0.284. The van der Waals surface area contributed by atoms with E-state index in [-0.39, 0.29) is 4.90 Å². The Bertz CT molecular complexity index is 648. The first-order chi connectivity index (χ1) is 8.74. The Kier molecular flexibility index (Phi) is 5.11. The van der Waals surface area contributed by atoms with E-state index in [4.69, 9.17) is 4.55 Å². The zero-order valence-corrected chi connectivity index (χ0v) is 11.6. The fourth-order valence-corrected chi connectivity index (χ4v) is 2.69. The van der Waals surface area contributed by atoms with Gasteiger partial charge in [-0.05, 0) is 24.3 Å². The molecule has 0 aliphatic carbocycles. The standard InChI is InChI=1S/C9H12N2O6S2/c1-10-11-8-2-4-9(5-3-8)18(12,13)7-6-17-19(14,15)16/h2-5H,6-7H2,1H3,(H,14,15,16). The lowest BCUT2D eigenvalue weighted by atomic mass is 10.3. The van der Waals surface area contributed by atoms with Crippen LogP contribution in [-0.2, 0) is 24.4 Å². The van der Waals surface area contributed by atoms with E-state index >= 15 is 0 Å². The van der Waals surface area contributed by atoms with Crippen LogP contribution in [-0.4, -0.2) is 40.8 Å². The summed E-state index contributed by atoms with van der Waals surface area (Å²) < 4.78 is 56.4. The molecule has 0 bridgehead atoms. The summed E-state index contributed by atoms with van der Waals surface area (Å²) in [6, 6.07) is 5.58. The minimum atomic E-state index is -4.63. The molecule has 1 rings (SSSR count). The number of hydrogen-bond donors (Lipinski definition) is 1. The highest BCUT2D eigenvalue weighted by Crippen LogP contribution is 2.17. The van der Waals surface area contributed by atoms with Crippen LogP contribution < -0.4 is 0 Å². The predicted octanol–water partition coefficient (Wildman–Crippen LogP) is 0.993. The fraction of sp³-hybridized carbons (Fsp3) is 0.333. The Balaban J connectivity index is 2.77. The molecule has 19 heavy (non-hydrogen) atoms. The SMILES string of the molecule is CN=Nc1ccc(S(=O)(=O)CCOS(=O)(=O)O)cc1. The molecule has 0 unspecified atom stereocenters. The Hall–Kier alpha value is -1.36. The highest BCUT2D eigenvalue weighted by atomic mass is 32.3. The Labute approximate surface area is 111 Å². The molecular weight excluding hydrogens is 296 g/mol. The molecule has 0 radical (unpaired) electrons. The van der Waals surface area contributed by atoms with Crippen LogP contribution >= 0.6 is 0 Å². The minimum absolute atomic E-state index is 0.00138. The van der Waals surface area contributed by atoms with Crippen molar-refractivity contribution in [1.29, 1.82) is 0 Å². The lowest BCUT2D eigenvalue weighted by Crippen LogP contribution is -2.15. The molecule has 0 aromatic heterocycles. The third-order valence-corrected chi connectivity index (χ3v) is 4.15. The van der Waals surface area contributed by atoms with Crippen molar-refractivity contribution < 1.29 is 25.6 Å². The number of nitrogens with zero attached hydrogens (tertiary/aromatic N) is 2. The van der Waals surface area contributed by atoms with Gasteiger partial charge in [0.15, 0.2) is 9.84 Å². The zero-order valence-electron chi connectivity index (χ0n) is 9.92. The molecule has 0 heterocycles. The van der Waals surface area contributed by atoms with E-state index in [9.17, 15) is 16.8 Å². The largest absolute Gasteiger partial charge is 0.397 e. The summed E-state index contributed by atoms with van der Waals surface area (Å²) in [6.45, 7) is -0.655. The molecule has 1 aromatic rings. The molecule has 0 atom stereocenters. The van der Waals surface area contributed by atoms with Crippen LogP contribution in [0.1, 0.15) is 0 Å². The first-order valence-electron chi connectivity index (χ1n) is 4.99. The topological polar surface area (TPSA) is 122 Å². The molecule has 0 aliphatic heterocycles. The number of rotatable bonds is 6. The summed E-state index contributed by atoms with van der Waals surface area (Å²) in [6.07, 6.45) is 0. The van der Waals surface area contributed by atoms with Crippen LogP contribution in [0, 0.1) is 0 Å². The summed E-state index contributed by atoms with van der Waals surface area (Å²) >= 11 is 0. The number of sulfone groups is 1. The van der Waals surface area contributed by atoms with Crippen LogP contribution in [0.3, 0.4) is 0 Å². The van der Waals surface area contributed by atoms with E-state index < -0.39 is 32.6 Å². The minimum Gasteiger partial charge on any atom is -0.264 e. The third-order valence-electron chi connectivity index (χ3n) is 2.00. The molecule has 0 saturated heterocycles. The summed E-state index contributed by atoms with van der Waals surface area (Å²) in [4.78, 5) is 0.00138. The molecular formula is C9H12N2O6S2. The maximum absolute atomic E-state index is 11.8. The van der Waals surface area contributed by atoms with Crippen molar-refractivity contribution in [1.82, 2.24) is 0 Å². The van der Waals surface area contributed by atoms with Crippen molar-refractivity contribution in [2.75, 3.05) is 19.4 Å². The Morgan fingerprint density at radius 2 is 1.74 bits per heavy atom. The van der Waals surface area contributed by atoms with E-state index in [2.05, 4.69) is 14.4 Å². The molecule has 1 aromatic carbocycles. The van der Waals surface area contributed by atoms with Crippen LogP contribution in [0.4, 0.5) is 5.69 Å². The molecule has 8 nitrogen and oxygen atoms in total. The average molecular weight is 308 g/mol. The highest BCUT2D eigenvalue weighted by Gasteiger charge is 2.16. The summed E-state index contributed by atoms with van der Waals surface area (Å²) in [5.41, 5.74) is 0.496. The van der Waals surface area contributed by atoms with Gasteiger partial charge in [-0.15, -0.1) is 0 Å². The fourth-order valence-electron chi connectivity index (χ4n) is 1.20. The maximum atomic E-state index is 11.8. The van der Waals surface area contributed by atoms with Gasteiger partial charge >= 0.3 is 10.4 Å². The van der Waals surface area contributed by atoms with Gasteiger partial charge in [-0.2, -0.15) is 18.6 Å². The van der Waals surface area contributed by atoms with Gasteiger partial charge in [0, 0.05) is 7.05 Å². The second kappa shape index (κ2) is 6.19. The van der Waals surface area contributed by atoms with Gasteiger partial charge in [-0.1, -0.05) is 0 Å². The molecule has 0 spiro atoms. The van der Waals surface area contributed by atoms with Gasteiger partial charge < -0.3 is 0 Å².